The number of aromatic carboxylic acids is 1. The van der Waals surface area contributed by atoms with Crippen LogP contribution in [0.5, 0.6) is 0 Å². The van der Waals surface area contributed by atoms with Gasteiger partial charge in [-0.15, -0.1) is 0 Å². The van der Waals surface area contributed by atoms with Crippen molar-refractivity contribution in [3.8, 4) is 11.1 Å². The molecule has 0 fully saturated rings. The van der Waals surface area contributed by atoms with E-state index in [1.807, 2.05) is 0 Å². The molecule has 0 saturated heterocycles. The molecule has 0 radical (unpaired) electrons. The lowest BCUT2D eigenvalue weighted by Gasteiger charge is -2.03. The summed E-state index contributed by atoms with van der Waals surface area (Å²) in [4.78, 5) is 14.5. The molecule has 86 valence electrons. The average molecular weight is 252 g/mol. The minimum absolute atomic E-state index is 0.358. The van der Waals surface area contributed by atoms with E-state index in [4.69, 9.17) is 16.7 Å². The normalized spacial score (nSPS) is 10.2. The number of nitrogens with zero attached hydrogens (tertiary/aromatic N) is 1. The van der Waals surface area contributed by atoms with E-state index in [1.165, 1.54) is 24.5 Å². The molecule has 3 nitrogen and oxygen atoms in total. The minimum Gasteiger partial charge on any atom is -0.478 e. The Bertz CT molecular complexity index is 586. The van der Waals surface area contributed by atoms with Gasteiger partial charge in [0.2, 0.25) is 0 Å². The molecule has 0 unspecified atom stereocenters. The molecule has 0 saturated carbocycles. The SMILES string of the molecule is O=C(O)c1ccc(-c2cncc(Cl)c2)cc1F. The standard InChI is InChI=1S/C12H7ClFNO2/c13-9-3-8(5-15-6-9)7-1-2-10(12(16)17)11(14)4-7/h1-6H,(H,16,17). The van der Waals surface area contributed by atoms with Crippen LogP contribution in [0.15, 0.2) is 36.7 Å². The van der Waals surface area contributed by atoms with E-state index in [1.54, 1.807) is 6.07 Å². The van der Waals surface area contributed by atoms with Crippen molar-refractivity contribution in [2.24, 2.45) is 0 Å². The van der Waals surface area contributed by atoms with Crippen molar-refractivity contribution >= 4 is 17.6 Å². The third-order valence-corrected chi connectivity index (χ3v) is 2.44. The van der Waals surface area contributed by atoms with Gasteiger partial charge in [0.1, 0.15) is 5.82 Å². The van der Waals surface area contributed by atoms with Crippen LogP contribution in [0.1, 0.15) is 10.4 Å². The van der Waals surface area contributed by atoms with Crippen molar-refractivity contribution in [3.63, 3.8) is 0 Å². The molecule has 0 aliphatic carbocycles. The quantitative estimate of drug-likeness (QED) is 0.891. The van der Waals surface area contributed by atoms with Crippen LogP contribution in [0.3, 0.4) is 0 Å². The molecule has 1 aromatic heterocycles. The summed E-state index contributed by atoms with van der Waals surface area (Å²) in [6.45, 7) is 0. The molecule has 17 heavy (non-hydrogen) atoms. The maximum Gasteiger partial charge on any atom is 0.338 e. The number of hydrogen-bond acceptors (Lipinski definition) is 2. The summed E-state index contributed by atoms with van der Waals surface area (Å²) >= 11 is 5.77. The Labute approximate surface area is 101 Å². The fraction of sp³-hybridized carbons (Fsp3) is 0. The van der Waals surface area contributed by atoms with Crippen molar-refractivity contribution in [3.05, 3.63) is 53.1 Å². The third-order valence-electron chi connectivity index (χ3n) is 2.24. The van der Waals surface area contributed by atoms with Gasteiger partial charge < -0.3 is 5.11 Å². The van der Waals surface area contributed by atoms with Crippen LogP contribution in [-0.4, -0.2) is 16.1 Å². The number of hydrogen-bond donors (Lipinski definition) is 1. The summed E-state index contributed by atoms with van der Waals surface area (Å²) in [5.41, 5.74) is 0.805. The number of carboxylic acids is 1. The number of benzene rings is 1. The molecule has 0 bridgehead atoms. The van der Waals surface area contributed by atoms with Crippen molar-refractivity contribution in [1.29, 1.82) is 0 Å². The molecule has 2 aromatic rings. The zero-order valence-electron chi connectivity index (χ0n) is 8.52. The summed E-state index contributed by atoms with van der Waals surface area (Å²) in [7, 11) is 0. The zero-order chi connectivity index (χ0) is 12.4. The summed E-state index contributed by atoms with van der Waals surface area (Å²) < 4.78 is 13.5. The number of aromatic nitrogens is 1. The Morgan fingerprint density at radius 3 is 2.59 bits per heavy atom. The van der Waals surface area contributed by atoms with Crippen molar-refractivity contribution in [2.75, 3.05) is 0 Å². The van der Waals surface area contributed by atoms with E-state index in [2.05, 4.69) is 4.98 Å². The van der Waals surface area contributed by atoms with Crippen molar-refractivity contribution in [1.82, 2.24) is 4.98 Å². The fourth-order valence-corrected chi connectivity index (χ4v) is 1.61. The smallest absolute Gasteiger partial charge is 0.338 e. The Hall–Kier alpha value is -1.94. The van der Waals surface area contributed by atoms with E-state index in [-0.39, 0.29) is 5.56 Å². The Morgan fingerprint density at radius 1 is 1.24 bits per heavy atom. The lowest BCUT2D eigenvalue weighted by Crippen LogP contribution is -2.00. The largest absolute Gasteiger partial charge is 0.478 e. The van der Waals surface area contributed by atoms with Gasteiger partial charge in [-0.25, -0.2) is 9.18 Å². The minimum atomic E-state index is -1.29. The van der Waals surface area contributed by atoms with Crippen LogP contribution in [0.25, 0.3) is 11.1 Å². The summed E-state index contributed by atoms with van der Waals surface area (Å²) in [6, 6.07) is 5.51. The first kappa shape index (κ1) is 11.5. The highest BCUT2D eigenvalue weighted by Crippen LogP contribution is 2.23. The van der Waals surface area contributed by atoms with Gasteiger partial charge in [0.05, 0.1) is 10.6 Å². The summed E-state index contributed by atoms with van der Waals surface area (Å²) in [6.07, 6.45) is 2.99. The Balaban J connectivity index is 2.48. The van der Waals surface area contributed by atoms with Crippen molar-refractivity contribution < 1.29 is 14.3 Å². The second-order valence-corrected chi connectivity index (χ2v) is 3.83. The van der Waals surface area contributed by atoms with Gasteiger partial charge in [-0.1, -0.05) is 17.7 Å². The molecule has 0 aliphatic rings. The fourth-order valence-electron chi connectivity index (χ4n) is 1.44. The Kier molecular flexibility index (Phi) is 3.06. The van der Waals surface area contributed by atoms with Gasteiger partial charge in [0.25, 0.3) is 0 Å². The maximum atomic E-state index is 13.5. The number of rotatable bonds is 2. The zero-order valence-corrected chi connectivity index (χ0v) is 9.28. The van der Waals surface area contributed by atoms with Crippen LogP contribution < -0.4 is 0 Å². The lowest BCUT2D eigenvalue weighted by molar-refractivity contribution is 0.0692. The van der Waals surface area contributed by atoms with Gasteiger partial charge in [0.15, 0.2) is 0 Å². The second kappa shape index (κ2) is 4.51. The second-order valence-electron chi connectivity index (χ2n) is 3.39. The molecule has 1 aromatic carbocycles. The average Bonchev–Trinajstić information content (AvgIpc) is 2.28. The van der Waals surface area contributed by atoms with Gasteiger partial charge >= 0.3 is 5.97 Å². The van der Waals surface area contributed by atoms with Crippen LogP contribution >= 0.6 is 11.6 Å². The van der Waals surface area contributed by atoms with Gasteiger partial charge in [-0.3, -0.25) is 4.98 Å². The topological polar surface area (TPSA) is 50.2 Å². The molecule has 0 spiro atoms. The van der Waals surface area contributed by atoms with Crippen LogP contribution in [0, 0.1) is 5.82 Å². The molecule has 5 heteroatoms. The van der Waals surface area contributed by atoms with Crippen LogP contribution in [0.4, 0.5) is 4.39 Å². The van der Waals surface area contributed by atoms with E-state index in [0.29, 0.717) is 16.1 Å². The number of halogens is 2. The van der Waals surface area contributed by atoms with E-state index in [9.17, 15) is 9.18 Å². The molecule has 0 atom stereocenters. The predicted octanol–water partition coefficient (Wildman–Crippen LogP) is 3.24. The predicted molar refractivity (Wildman–Crippen MR) is 61.6 cm³/mol. The van der Waals surface area contributed by atoms with E-state index < -0.39 is 11.8 Å². The number of pyridine rings is 1. The highest BCUT2D eigenvalue weighted by atomic mass is 35.5. The van der Waals surface area contributed by atoms with E-state index in [0.717, 1.165) is 6.07 Å². The van der Waals surface area contributed by atoms with Crippen LogP contribution in [-0.2, 0) is 0 Å². The highest BCUT2D eigenvalue weighted by molar-refractivity contribution is 6.30. The Morgan fingerprint density at radius 2 is 2.00 bits per heavy atom. The first-order valence-corrected chi connectivity index (χ1v) is 5.09. The van der Waals surface area contributed by atoms with E-state index >= 15 is 0 Å². The summed E-state index contributed by atoms with van der Waals surface area (Å²) in [5.74, 6) is -2.08. The van der Waals surface area contributed by atoms with Crippen LogP contribution in [0.2, 0.25) is 5.02 Å². The van der Waals surface area contributed by atoms with Gasteiger partial charge in [-0.05, 0) is 23.8 Å². The molecular weight excluding hydrogens is 245 g/mol. The first-order chi connectivity index (χ1) is 8.08. The number of carbonyl (C=O) groups is 1. The molecule has 0 amide bonds. The monoisotopic (exact) mass is 251 g/mol. The third kappa shape index (κ3) is 2.42. The van der Waals surface area contributed by atoms with Gasteiger partial charge in [0, 0.05) is 18.0 Å². The molecular formula is C12H7ClFNO2. The molecule has 1 heterocycles. The first-order valence-electron chi connectivity index (χ1n) is 4.71. The highest BCUT2D eigenvalue weighted by Gasteiger charge is 2.11. The van der Waals surface area contributed by atoms with Gasteiger partial charge in [-0.2, -0.15) is 0 Å². The molecule has 0 aliphatic heterocycles. The summed E-state index contributed by atoms with van der Waals surface area (Å²) in [5, 5.41) is 9.13. The number of carboxylic acid groups (broad SMARTS) is 1. The molecule has 2 rings (SSSR count). The maximum absolute atomic E-state index is 13.5. The molecule has 1 N–H and O–H groups in total. The van der Waals surface area contributed by atoms with Crippen molar-refractivity contribution in [2.45, 2.75) is 0 Å². The lowest BCUT2D eigenvalue weighted by atomic mass is 10.1.